The maximum atomic E-state index is 14.0. The van der Waals surface area contributed by atoms with Crippen molar-refractivity contribution in [1.82, 2.24) is 9.13 Å². The molecule has 9 heteroatoms. The molecule has 1 aliphatic heterocycles. The minimum absolute atomic E-state index is 0.203. The van der Waals surface area contributed by atoms with Gasteiger partial charge in [-0.1, -0.05) is 81.3 Å². The highest BCUT2D eigenvalue weighted by molar-refractivity contribution is 9.10. The van der Waals surface area contributed by atoms with Gasteiger partial charge in [-0.05, 0) is 61.4 Å². The lowest BCUT2D eigenvalue weighted by Crippen LogP contribution is -2.39. The fourth-order valence-corrected chi connectivity index (χ4v) is 6.63. The van der Waals surface area contributed by atoms with E-state index in [1.54, 1.807) is 18.4 Å². The molecule has 5 aromatic rings. The third-order valence-corrected chi connectivity index (χ3v) is 8.84. The van der Waals surface area contributed by atoms with Gasteiger partial charge in [-0.15, -0.1) is 0 Å². The number of hydrogen-bond donors (Lipinski definition) is 0. The molecule has 1 atom stereocenters. The van der Waals surface area contributed by atoms with Gasteiger partial charge < -0.3 is 9.30 Å². The molecule has 6 nitrogen and oxygen atoms in total. The highest BCUT2D eigenvalue weighted by atomic mass is 79.9. The van der Waals surface area contributed by atoms with Crippen LogP contribution in [0.3, 0.4) is 0 Å². The molecule has 2 aromatic heterocycles. The Hall–Kier alpha value is -3.72. The lowest BCUT2D eigenvalue weighted by Gasteiger charge is -2.24. The van der Waals surface area contributed by atoms with E-state index in [0.29, 0.717) is 32.2 Å². The number of carbonyl (C=O) groups is 1. The standard InChI is InChI=1S/C32H25BrClN3O3S/c1-3-40-31(39)28-19(2)35-32-37(29(28)21-10-12-23(33)13-11-21)30(38)27(41-32)16-22-18-36(26-7-5-4-6-25(22)26)17-20-8-14-24(34)15-9-20/h4-16,18,29H,3,17H2,1-2H3/b27-16-/t29-/m1/s1. The minimum atomic E-state index is -0.646. The summed E-state index contributed by atoms with van der Waals surface area (Å²) in [6.45, 7) is 4.45. The highest BCUT2D eigenvalue weighted by Crippen LogP contribution is 2.31. The predicted octanol–water partition coefficient (Wildman–Crippen LogP) is 6.22. The van der Waals surface area contributed by atoms with Crippen molar-refractivity contribution >= 4 is 61.8 Å². The Labute approximate surface area is 253 Å². The van der Waals surface area contributed by atoms with Crippen molar-refractivity contribution in [2.24, 2.45) is 4.99 Å². The van der Waals surface area contributed by atoms with E-state index in [1.807, 2.05) is 66.7 Å². The summed E-state index contributed by atoms with van der Waals surface area (Å²) in [4.78, 5) is 32.4. The van der Waals surface area contributed by atoms with Crippen molar-refractivity contribution in [3.8, 4) is 0 Å². The van der Waals surface area contributed by atoms with Gasteiger partial charge in [0.2, 0.25) is 0 Å². The van der Waals surface area contributed by atoms with Crippen molar-refractivity contribution in [2.75, 3.05) is 6.61 Å². The van der Waals surface area contributed by atoms with Gasteiger partial charge in [-0.2, -0.15) is 0 Å². The van der Waals surface area contributed by atoms with Crippen molar-refractivity contribution < 1.29 is 9.53 Å². The third kappa shape index (κ3) is 5.23. The molecule has 0 saturated carbocycles. The van der Waals surface area contributed by atoms with Crippen LogP contribution in [0.1, 0.15) is 36.6 Å². The lowest BCUT2D eigenvalue weighted by molar-refractivity contribution is -0.139. The second-order valence-electron chi connectivity index (χ2n) is 9.71. The SMILES string of the molecule is CCOC(=O)C1=C(C)N=c2s/c(=C\c3cn(Cc4ccc(Cl)cc4)c4ccccc34)c(=O)n2[C@@H]1c1ccc(Br)cc1. The molecular weight excluding hydrogens is 622 g/mol. The number of benzene rings is 3. The van der Waals surface area contributed by atoms with E-state index in [9.17, 15) is 9.59 Å². The van der Waals surface area contributed by atoms with Crippen LogP contribution in [0.2, 0.25) is 5.02 Å². The largest absolute Gasteiger partial charge is 0.463 e. The van der Waals surface area contributed by atoms with Crippen LogP contribution in [0.25, 0.3) is 17.0 Å². The number of hydrogen-bond acceptors (Lipinski definition) is 5. The summed E-state index contributed by atoms with van der Waals surface area (Å²) in [6, 6.07) is 22.9. The van der Waals surface area contributed by atoms with Crippen LogP contribution in [0.15, 0.2) is 105 Å². The van der Waals surface area contributed by atoms with Crippen molar-refractivity contribution in [3.63, 3.8) is 0 Å². The van der Waals surface area contributed by atoms with E-state index >= 15 is 0 Å². The molecule has 0 unspecified atom stereocenters. The molecule has 3 aromatic carbocycles. The summed E-state index contributed by atoms with van der Waals surface area (Å²) in [5, 5.41) is 1.74. The first-order valence-corrected chi connectivity index (χ1v) is 15.1. The summed E-state index contributed by atoms with van der Waals surface area (Å²) in [6.07, 6.45) is 3.99. The maximum absolute atomic E-state index is 14.0. The Kier molecular flexibility index (Phi) is 7.55. The minimum Gasteiger partial charge on any atom is -0.463 e. The van der Waals surface area contributed by atoms with Gasteiger partial charge in [0.05, 0.1) is 28.5 Å². The number of allylic oxidation sites excluding steroid dienone is 1. The van der Waals surface area contributed by atoms with E-state index in [2.05, 4.69) is 38.8 Å². The van der Waals surface area contributed by atoms with E-state index in [-0.39, 0.29) is 12.2 Å². The maximum Gasteiger partial charge on any atom is 0.338 e. The number of fused-ring (bicyclic) bond motifs is 2. The fraction of sp³-hybridized carbons (Fsp3) is 0.156. The molecule has 0 bridgehead atoms. The van der Waals surface area contributed by atoms with E-state index in [1.165, 1.54) is 11.3 Å². The average molecular weight is 647 g/mol. The number of esters is 1. The number of halogens is 2. The number of aromatic nitrogens is 2. The molecule has 0 spiro atoms. The first kappa shape index (κ1) is 27.4. The summed E-state index contributed by atoms with van der Waals surface area (Å²) in [5.74, 6) is -0.471. The first-order valence-electron chi connectivity index (χ1n) is 13.1. The Morgan fingerprint density at radius 1 is 1.10 bits per heavy atom. The van der Waals surface area contributed by atoms with Gasteiger partial charge in [-0.25, -0.2) is 9.79 Å². The Bertz CT molecular complexity index is 2000. The number of nitrogens with zero attached hydrogens (tertiary/aromatic N) is 3. The van der Waals surface area contributed by atoms with Gasteiger partial charge in [0.15, 0.2) is 4.80 Å². The number of rotatable bonds is 6. The second kappa shape index (κ2) is 11.3. The summed E-state index contributed by atoms with van der Waals surface area (Å²) in [5.41, 5.74) is 4.63. The molecule has 0 amide bonds. The van der Waals surface area contributed by atoms with Crippen LogP contribution in [0, 0.1) is 0 Å². The zero-order chi connectivity index (χ0) is 28.7. The van der Waals surface area contributed by atoms with Gasteiger partial charge in [-0.3, -0.25) is 9.36 Å². The van der Waals surface area contributed by atoms with Crippen molar-refractivity contribution in [2.45, 2.75) is 26.4 Å². The number of thiazole rings is 1. The van der Waals surface area contributed by atoms with E-state index in [0.717, 1.165) is 32.1 Å². The van der Waals surface area contributed by atoms with Crippen LogP contribution >= 0.6 is 38.9 Å². The molecule has 1 aliphatic rings. The normalized spacial score (nSPS) is 15.2. The molecule has 41 heavy (non-hydrogen) atoms. The molecule has 0 saturated heterocycles. The third-order valence-electron chi connectivity index (χ3n) is 7.07. The van der Waals surface area contributed by atoms with Crippen LogP contribution in [-0.2, 0) is 16.1 Å². The predicted molar refractivity (Wildman–Crippen MR) is 167 cm³/mol. The van der Waals surface area contributed by atoms with Gasteiger partial charge in [0.1, 0.15) is 0 Å². The molecular formula is C32H25BrClN3O3S. The molecule has 206 valence electrons. The number of para-hydroxylation sites is 1. The van der Waals surface area contributed by atoms with Crippen LogP contribution in [0.5, 0.6) is 0 Å². The molecule has 6 rings (SSSR count). The van der Waals surface area contributed by atoms with Gasteiger partial charge in [0, 0.05) is 38.7 Å². The second-order valence-corrected chi connectivity index (χ2v) is 12.1. The molecule has 0 aliphatic carbocycles. The lowest BCUT2D eigenvalue weighted by atomic mass is 9.96. The Morgan fingerprint density at radius 3 is 2.56 bits per heavy atom. The summed E-state index contributed by atoms with van der Waals surface area (Å²) in [7, 11) is 0. The van der Waals surface area contributed by atoms with E-state index in [4.69, 9.17) is 21.3 Å². The number of ether oxygens (including phenoxy) is 1. The van der Waals surface area contributed by atoms with Crippen molar-refractivity contribution in [3.05, 3.63) is 136 Å². The van der Waals surface area contributed by atoms with Crippen LogP contribution in [-0.4, -0.2) is 21.7 Å². The van der Waals surface area contributed by atoms with Gasteiger partial charge >= 0.3 is 5.97 Å². The van der Waals surface area contributed by atoms with E-state index < -0.39 is 12.0 Å². The van der Waals surface area contributed by atoms with Crippen LogP contribution in [0.4, 0.5) is 0 Å². The Balaban J connectivity index is 1.51. The topological polar surface area (TPSA) is 65.6 Å². The smallest absolute Gasteiger partial charge is 0.338 e. The van der Waals surface area contributed by atoms with Gasteiger partial charge in [0.25, 0.3) is 5.56 Å². The first-order chi connectivity index (χ1) is 19.8. The Morgan fingerprint density at radius 2 is 1.83 bits per heavy atom. The molecule has 0 N–H and O–H groups in total. The molecule has 0 fully saturated rings. The summed E-state index contributed by atoms with van der Waals surface area (Å²) < 4.78 is 10.6. The molecule has 0 radical (unpaired) electrons. The highest BCUT2D eigenvalue weighted by Gasteiger charge is 2.33. The fourth-order valence-electron chi connectivity index (χ4n) is 5.20. The van der Waals surface area contributed by atoms with Crippen LogP contribution < -0.4 is 14.9 Å². The summed E-state index contributed by atoms with van der Waals surface area (Å²) >= 11 is 10.9. The zero-order valence-electron chi connectivity index (χ0n) is 22.3. The average Bonchev–Trinajstić information content (AvgIpc) is 3.46. The van der Waals surface area contributed by atoms with Crippen molar-refractivity contribution in [1.29, 1.82) is 0 Å². The zero-order valence-corrected chi connectivity index (χ0v) is 25.5. The number of carbonyl (C=O) groups excluding carboxylic acids is 1. The quantitative estimate of drug-likeness (QED) is 0.206. The monoisotopic (exact) mass is 645 g/mol. The molecule has 3 heterocycles.